The number of carbonyl (C=O) groups excluding carboxylic acids is 2. The van der Waals surface area contributed by atoms with Gasteiger partial charge in [-0.05, 0) is 37.6 Å². The van der Waals surface area contributed by atoms with Crippen LogP contribution in [0, 0.1) is 0 Å². The lowest BCUT2D eigenvalue weighted by Crippen LogP contribution is -2.31. The maximum atomic E-state index is 11.9. The largest absolute Gasteiger partial charge is 0.481 e. The van der Waals surface area contributed by atoms with Gasteiger partial charge in [-0.2, -0.15) is 0 Å². The lowest BCUT2D eigenvalue weighted by molar-refractivity contribution is -0.138. The second-order valence-corrected chi connectivity index (χ2v) is 4.80. The molecule has 0 heterocycles. The minimum Gasteiger partial charge on any atom is -0.481 e. The average Bonchev–Trinajstić information content (AvgIpc) is 2.45. The number of benzene rings is 1. The van der Waals surface area contributed by atoms with Crippen LogP contribution in [0.2, 0.25) is 0 Å². The van der Waals surface area contributed by atoms with Crippen molar-refractivity contribution in [2.24, 2.45) is 0 Å². The third-order valence-corrected chi connectivity index (χ3v) is 2.99. The number of nitrogens with one attached hydrogen (secondary N) is 2. The number of amides is 2. The molecular formula is C15H20N2O4. The van der Waals surface area contributed by atoms with Crippen LogP contribution >= 0.6 is 0 Å². The molecule has 1 rings (SSSR count). The normalized spacial score (nSPS) is 11.5. The molecule has 114 valence electrons. The third-order valence-electron chi connectivity index (χ3n) is 2.99. The fourth-order valence-corrected chi connectivity index (χ4v) is 1.56. The van der Waals surface area contributed by atoms with E-state index in [0.717, 1.165) is 6.42 Å². The molecule has 0 aliphatic rings. The lowest BCUT2D eigenvalue weighted by atomic mass is 10.1. The average molecular weight is 292 g/mol. The predicted molar refractivity (Wildman–Crippen MR) is 79.2 cm³/mol. The summed E-state index contributed by atoms with van der Waals surface area (Å²) in [5.74, 6) is -1.54. The molecule has 0 aromatic heterocycles. The fraction of sp³-hybridized carbons (Fsp3) is 0.400. The van der Waals surface area contributed by atoms with Crippen molar-refractivity contribution in [3.05, 3.63) is 29.8 Å². The van der Waals surface area contributed by atoms with Gasteiger partial charge in [0.05, 0.1) is 6.42 Å². The summed E-state index contributed by atoms with van der Waals surface area (Å²) < 4.78 is 0. The molecule has 3 N–H and O–H groups in total. The molecule has 6 heteroatoms. The van der Waals surface area contributed by atoms with Crippen LogP contribution in [0.4, 0.5) is 5.69 Å². The van der Waals surface area contributed by atoms with E-state index in [9.17, 15) is 14.4 Å². The van der Waals surface area contributed by atoms with Crippen molar-refractivity contribution in [3.63, 3.8) is 0 Å². The molecule has 0 spiro atoms. The van der Waals surface area contributed by atoms with Crippen molar-refractivity contribution >= 4 is 23.5 Å². The number of aliphatic carboxylic acids is 1. The standard InChI is InChI=1S/C15H20N2O4/c1-3-10(2)16-15(21)11-4-6-12(7-5-11)17-13(18)8-9-14(19)20/h4-7,10H,3,8-9H2,1-2H3,(H,16,21)(H,17,18)(H,19,20)/t10-/m0/s1. The van der Waals surface area contributed by atoms with E-state index in [2.05, 4.69) is 10.6 Å². The van der Waals surface area contributed by atoms with Crippen molar-refractivity contribution in [2.45, 2.75) is 39.2 Å². The van der Waals surface area contributed by atoms with Gasteiger partial charge in [0.1, 0.15) is 0 Å². The van der Waals surface area contributed by atoms with Crippen molar-refractivity contribution < 1.29 is 19.5 Å². The summed E-state index contributed by atoms with van der Waals surface area (Å²) in [6, 6.07) is 6.57. The van der Waals surface area contributed by atoms with E-state index in [-0.39, 0.29) is 30.7 Å². The summed E-state index contributed by atoms with van der Waals surface area (Å²) in [5.41, 5.74) is 1.05. The first-order valence-electron chi connectivity index (χ1n) is 6.85. The molecule has 0 saturated heterocycles. The van der Waals surface area contributed by atoms with Crippen LogP contribution in [0.25, 0.3) is 0 Å². The van der Waals surface area contributed by atoms with E-state index in [1.54, 1.807) is 24.3 Å². The Labute approximate surface area is 123 Å². The maximum absolute atomic E-state index is 11.9. The third kappa shape index (κ3) is 6.07. The summed E-state index contributed by atoms with van der Waals surface area (Å²) in [7, 11) is 0. The van der Waals surface area contributed by atoms with Crippen molar-refractivity contribution in [1.29, 1.82) is 0 Å². The van der Waals surface area contributed by atoms with Gasteiger partial charge in [-0.25, -0.2) is 0 Å². The highest BCUT2D eigenvalue weighted by atomic mass is 16.4. The fourth-order valence-electron chi connectivity index (χ4n) is 1.56. The summed E-state index contributed by atoms with van der Waals surface area (Å²) >= 11 is 0. The second-order valence-electron chi connectivity index (χ2n) is 4.80. The van der Waals surface area contributed by atoms with Gasteiger partial charge in [-0.1, -0.05) is 6.92 Å². The second kappa shape index (κ2) is 8.04. The van der Waals surface area contributed by atoms with Crippen molar-refractivity contribution in [2.75, 3.05) is 5.32 Å². The molecule has 0 bridgehead atoms. The Morgan fingerprint density at radius 2 is 1.76 bits per heavy atom. The number of hydrogen-bond acceptors (Lipinski definition) is 3. The quantitative estimate of drug-likeness (QED) is 0.716. The first-order chi connectivity index (χ1) is 9.92. The van der Waals surface area contributed by atoms with Crippen molar-refractivity contribution in [3.8, 4) is 0 Å². The molecule has 0 fully saturated rings. The number of rotatable bonds is 7. The Morgan fingerprint density at radius 1 is 1.14 bits per heavy atom. The van der Waals surface area contributed by atoms with Gasteiger partial charge in [0.15, 0.2) is 0 Å². The monoisotopic (exact) mass is 292 g/mol. The van der Waals surface area contributed by atoms with Crippen LogP contribution in [-0.2, 0) is 9.59 Å². The van der Waals surface area contributed by atoms with Gasteiger partial charge >= 0.3 is 5.97 Å². The first-order valence-corrected chi connectivity index (χ1v) is 6.85. The number of carboxylic acids is 1. The Hall–Kier alpha value is -2.37. The summed E-state index contributed by atoms with van der Waals surface area (Å²) in [6.45, 7) is 3.91. The van der Waals surface area contributed by atoms with Gasteiger partial charge in [-0.15, -0.1) is 0 Å². The van der Waals surface area contributed by atoms with E-state index in [0.29, 0.717) is 11.3 Å². The highest BCUT2D eigenvalue weighted by molar-refractivity contribution is 5.96. The zero-order valence-corrected chi connectivity index (χ0v) is 12.2. The smallest absolute Gasteiger partial charge is 0.303 e. The molecular weight excluding hydrogens is 272 g/mol. The van der Waals surface area contributed by atoms with Crippen LogP contribution in [0.15, 0.2) is 24.3 Å². The zero-order chi connectivity index (χ0) is 15.8. The van der Waals surface area contributed by atoms with Crippen LogP contribution in [0.1, 0.15) is 43.5 Å². The molecule has 21 heavy (non-hydrogen) atoms. The van der Waals surface area contributed by atoms with Crippen LogP contribution in [0.5, 0.6) is 0 Å². The number of hydrogen-bond donors (Lipinski definition) is 3. The Bertz CT molecular complexity index is 511. The number of carbonyl (C=O) groups is 3. The molecule has 0 unspecified atom stereocenters. The molecule has 0 radical (unpaired) electrons. The minimum atomic E-state index is -1.01. The van der Waals surface area contributed by atoms with Gasteiger partial charge in [0.25, 0.3) is 5.91 Å². The zero-order valence-electron chi connectivity index (χ0n) is 12.2. The van der Waals surface area contributed by atoms with Crippen LogP contribution in [-0.4, -0.2) is 28.9 Å². The Balaban J connectivity index is 2.55. The van der Waals surface area contributed by atoms with Crippen molar-refractivity contribution in [1.82, 2.24) is 5.32 Å². The molecule has 6 nitrogen and oxygen atoms in total. The first kappa shape index (κ1) is 16.7. The van der Waals surface area contributed by atoms with Gasteiger partial charge in [0.2, 0.25) is 5.91 Å². The summed E-state index contributed by atoms with van der Waals surface area (Å²) in [5, 5.41) is 13.9. The maximum Gasteiger partial charge on any atom is 0.303 e. The number of carboxylic acid groups (broad SMARTS) is 1. The van der Waals surface area contributed by atoms with E-state index in [1.807, 2.05) is 13.8 Å². The van der Waals surface area contributed by atoms with Gasteiger partial charge < -0.3 is 15.7 Å². The lowest BCUT2D eigenvalue weighted by Gasteiger charge is -2.11. The molecule has 0 aliphatic carbocycles. The van der Waals surface area contributed by atoms with Gasteiger partial charge in [0, 0.05) is 23.7 Å². The van der Waals surface area contributed by atoms with Crippen LogP contribution < -0.4 is 10.6 Å². The van der Waals surface area contributed by atoms with Crippen LogP contribution in [0.3, 0.4) is 0 Å². The summed E-state index contributed by atoms with van der Waals surface area (Å²) in [4.78, 5) is 33.7. The van der Waals surface area contributed by atoms with E-state index >= 15 is 0 Å². The SMILES string of the molecule is CC[C@H](C)NC(=O)c1ccc(NC(=O)CCC(=O)O)cc1. The van der Waals surface area contributed by atoms with Gasteiger partial charge in [-0.3, -0.25) is 14.4 Å². The van der Waals surface area contributed by atoms with E-state index in [4.69, 9.17) is 5.11 Å². The van der Waals surface area contributed by atoms with E-state index in [1.165, 1.54) is 0 Å². The molecule has 1 aromatic carbocycles. The predicted octanol–water partition coefficient (Wildman–Crippen LogP) is 2.02. The molecule has 0 saturated carbocycles. The minimum absolute atomic E-state index is 0.0778. The van der Waals surface area contributed by atoms with E-state index < -0.39 is 5.97 Å². The Morgan fingerprint density at radius 3 is 2.29 bits per heavy atom. The number of anilines is 1. The molecule has 1 atom stereocenters. The molecule has 0 aliphatic heterocycles. The Kier molecular flexibility index (Phi) is 6.39. The topological polar surface area (TPSA) is 95.5 Å². The molecule has 1 aromatic rings. The highest BCUT2D eigenvalue weighted by Crippen LogP contribution is 2.10. The summed E-state index contributed by atoms with van der Waals surface area (Å²) in [6.07, 6.45) is 0.566. The molecule has 2 amide bonds. The highest BCUT2D eigenvalue weighted by Gasteiger charge is 2.09.